The molecule has 1 aliphatic rings. The van der Waals surface area contributed by atoms with Crippen LogP contribution in [0.4, 0.5) is 0 Å². The summed E-state index contributed by atoms with van der Waals surface area (Å²) in [6.45, 7) is 2.73. The van der Waals surface area contributed by atoms with Gasteiger partial charge in [-0.05, 0) is 36.2 Å². The highest BCUT2D eigenvalue weighted by atomic mass is 32.2. The standard InChI is InChI=1S/C17H19NOS/c1-12-2-7-17-14(8-12)9-15(19-17)11-20-16-5-3-13(10-18)4-6-16/h2-8,15H,9-11,18H2,1H3. The molecular formula is C17H19NOS. The van der Waals surface area contributed by atoms with Gasteiger partial charge in [-0.2, -0.15) is 0 Å². The first-order valence-corrected chi connectivity index (χ1v) is 7.91. The molecule has 2 N–H and O–H groups in total. The molecule has 0 spiro atoms. The number of thioether (sulfide) groups is 1. The summed E-state index contributed by atoms with van der Waals surface area (Å²) < 4.78 is 5.99. The van der Waals surface area contributed by atoms with Gasteiger partial charge >= 0.3 is 0 Å². The second kappa shape index (κ2) is 5.90. The van der Waals surface area contributed by atoms with E-state index in [2.05, 4.69) is 49.4 Å². The molecule has 1 heterocycles. The van der Waals surface area contributed by atoms with E-state index >= 15 is 0 Å². The van der Waals surface area contributed by atoms with Crippen LogP contribution < -0.4 is 10.5 Å². The van der Waals surface area contributed by atoms with Crippen LogP contribution in [0, 0.1) is 6.92 Å². The third-order valence-electron chi connectivity index (χ3n) is 3.55. The van der Waals surface area contributed by atoms with Crippen molar-refractivity contribution in [2.75, 3.05) is 5.75 Å². The molecule has 1 aliphatic heterocycles. The van der Waals surface area contributed by atoms with Gasteiger partial charge in [-0.15, -0.1) is 11.8 Å². The number of nitrogens with two attached hydrogens (primary N) is 1. The molecule has 0 aliphatic carbocycles. The highest BCUT2D eigenvalue weighted by Crippen LogP contribution is 2.32. The molecule has 20 heavy (non-hydrogen) atoms. The third kappa shape index (κ3) is 3.00. The van der Waals surface area contributed by atoms with Crippen molar-refractivity contribution < 1.29 is 4.74 Å². The number of fused-ring (bicyclic) bond motifs is 1. The zero-order chi connectivity index (χ0) is 13.9. The molecule has 0 radical (unpaired) electrons. The lowest BCUT2D eigenvalue weighted by molar-refractivity contribution is 0.259. The summed E-state index contributed by atoms with van der Waals surface area (Å²) in [6.07, 6.45) is 1.30. The Kier molecular flexibility index (Phi) is 3.99. The zero-order valence-electron chi connectivity index (χ0n) is 11.6. The van der Waals surface area contributed by atoms with Gasteiger partial charge in [-0.1, -0.05) is 29.8 Å². The minimum atomic E-state index is 0.283. The highest BCUT2D eigenvalue weighted by molar-refractivity contribution is 7.99. The molecule has 0 aromatic heterocycles. The fourth-order valence-corrected chi connectivity index (χ4v) is 3.35. The molecule has 0 fully saturated rings. The van der Waals surface area contributed by atoms with Crippen molar-refractivity contribution in [1.29, 1.82) is 0 Å². The lowest BCUT2D eigenvalue weighted by atomic mass is 10.1. The Balaban J connectivity index is 1.58. The van der Waals surface area contributed by atoms with Crippen LogP contribution in [0.3, 0.4) is 0 Å². The van der Waals surface area contributed by atoms with Crippen LogP contribution in [0.1, 0.15) is 16.7 Å². The normalized spacial score (nSPS) is 16.8. The molecule has 0 amide bonds. The Hall–Kier alpha value is -1.45. The average molecular weight is 285 g/mol. The Labute approximate surface area is 124 Å². The predicted molar refractivity (Wildman–Crippen MR) is 84.4 cm³/mol. The molecule has 3 rings (SSSR count). The van der Waals surface area contributed by atoms with Crippen LogP contribution in [0.25, 0.3) is 0 Å². The van der Waals surface area contributed by atoms with E-state index in [1.165, 1.54) is 21.6 Å². The summed E-state index contributed by atoms with van der Waals surface area (Å²) in [6, 6.07) is 14.9. The van der Waals surface area contributed by atoms with Crippen molar-refractivity contribution >= 4 is 11.8 Å². The van der Waals surface area contributed by atoms with Gasteiger partial charge in [0.25, 0.3) is 0 Å². The van der Waals surface area contributed by atoms with Gasteiger partial charge in [-0.25, -0.2) is 0 Å². The van der Waals surface area contributed by atoms with Gasteiger partial charge in [0.1, 0.15) is 11.9 Å². The monoisotopic (exact) mass is 285 g/mol. The Bertz CT molecular complexity index is 594. The van der Waals surface area contributed by atoms with Crippen LogP contribution >= 0.6 is 11.8 Å². The summed E-state index contributed by atoms with van der Waals surface area (Å²) in [5, 5.41) is 0. The van der Waals surface area contributed by atoms with E-state index in [0.717, 1.165) is 17.9 Å². The van der Waals surface area contributed by atoms with Crippen molar-refractivity contribution in [2.45, 2.75) is 30.9 Å². The van der Waals surface area contributed by atoms with Crippen LogP contribution in [0.15, 0.2) is 47.4 Å². The van der Waals surface area contributed by atoms with E-state index in [-0.39, 0.29) is 6.10 Å². The fourth-order valence-electron chi connectivity index (χ4n) is 2.45. The van der Waals surface area contributed by atoms with Crippen LogP contribution in [-0.2, 0) is 13.0 Å². The van der Waals surface area contributed by atoms with Crippen LogP contribution in [0.5, 0.6) is 5.75 Å². The molecule has 0 bridgehead atoms. The quantitative estimate of drug-likeness (QED) is 0.873. The maximum Gasteiger partial charge on any atom is 0.123 e. The molecule has 2 aromatic carbocycles. The van der Waals surface area contributed by atoms with E-state index in [4.69, 9.17) is 10.5 Å². The van der Waals surface area contributed by atoms with E-state index in [9.17, 15) is 0 Å². The molecule has 0 saturated heterocycles. The van der Waals surface area contributed by atoms with E-state index in [0.29, 0.717) is 6.54 Å². The number of hydrogen-bond acceptors (Lipinski definition) is 3. The van der Waals surface area contributed by atoms with Gasteiger partial charge in [0.2, 0.25) is 0 Å². The first-order chi connectivity index (χ1) is 9.74. The smallest absolute Gasteiger partial charge is 0.123 e. The Morgan fingerprint density at radius 3 is 2.75 bits per heavy atom. The fraction of sp³-hybridized carbons (Fsp3) is 0.294. The van der Waals surface area contributed by atoms with Crippen molar-refractivity contribution in [3.8, 4) is 5.75 Å². The first kappa shape index (κ1) is 13.5. The largest absolute Gasteiger partial charge is 0.489 e. The molecule has 1 atom stereocenters. The van der Waals surface area contributed by atoms with Gasteiger partial charge in [0.05, 0.1) is 0 Å². The summed E-state index contributed by atoms with van der Waals surface area (Å²) >= 11 is 1.85. The maximum atomic E-state index is 5.99. The van der Waals surface area contributed by atoms with Crippen LogP contribution in [-0.4, -0.2) is 11.9 Å². The van der Waals surface area contributed by atoms with Gasteiger partial charge < -0.3 is 10.5 Å². The average Bonchev–Trinajstić information content (AvgIpc) is 2.87. The van der Waals surface area contributed by atoms with Gasteiger partial charge in [0.15, 0.2) is 0 Å². The molecule has 2 aromatic rings. The Morgan fingerprint density at radius 2 is 2.00 bits per heavy atom. The van der Waals surface area contributed by atoms with E-state index in [1.807, 2.05) is 11.8 Å². The molecule has 3 heteroatoms. The number of benzene rings is 2. The topological polar surface area (TPSA) is 35.2 Å². The minimum Gasteiger partial charge on any atom is -0.489 e. The number of ether oxygens (including phenoxy) is 1. The second-order valence-electron chi connectivity index (χ2n) is 5.21. The molecule has 104 valence electrons. The summed E-state index contributed by atoms with van der Waals surface area (Å²) in [4.78, 5) is 1.28. The first-order valence-electron chi connectivity index (χ1n) is 6.92. The molecule has 1 unspecified atom stereocenters. The van der Waals surface area contributed by atoms with Crippen LogP contribution in [0.2, 0.25) is 0 Å². The lowest BCUT2D eigenvalue weighted by Gasteiger charge is -2.10. The van der Waals surface area contributed by atoms with E-state index in [1.54, 1.807) is 0 Å². The van der Waals surface area contributed by atoms with Crippen molar-refractivity contribution in [2.24, 2.45) is 5.73 Å². The summed E-state index contributed by atoms with van der Waals surface area (Å²) in [5.74, 6) is 2.04. The number of aryl methyl sites for hydroxylation is 1. The minimum absolute atomic E-state index is 0.283. The van der Waals surface area contributed by atoms with Crippen molar-refractivity contribution in [3.05, 3.63) is 59.2 Å². The van der Waals surface area contributed by atoms with Crippen molar-refractivity contribution in [1.82, 2.24) is 0 Å². The molecule has 2 nitrogen and oxygen atoms in total. The maximum absolute atomic E-state index is 5.99. The third-order valence-corrected chi connectivity index (χ3v) is 4.70. The summed E-state index contributed by atoms with van der Waals surface area (Å²) in [5.41, 5.74) is 9.43. The summed E-state index contributed by atoms with van der Waals surface area (Å²) in [7, 11) is 0. The molecular weight excluding hydrogens is 266 g/mol. The van der Waals surface area contributed by atoms with E-state index < -0.39 is 0 Å². The van der Waals surface area contributed by atoms with Gasteiger partial charge in [-0.3, -0.25) is 0 Å². The zero-order valence-corrected chi connectivity index (χ0v) is 12.5. The SMILES string of the molecule is Cc1ccc2c(c1)CC(CSc1ccc(CN)cc1)O2. The number of hydrogen-bond donors (Lipinski definition) is 1. The molecule has 0 saturated carbocycles. The van der Waals surface area contributed by atoms with Gasteiger partial charge in [0, 0.05) is 23.6 Å². The lowest BCUT2D eigenvalue weighted by Crippen LogP contribution is -2.15. The Morgan fingerprint density at radius 1 is 1.20 bits per heavy atom. The highest BCUT2D eigenvalue weighted by Gasteiger charge is 2.22. The predicted octanol–water partition coefficient (Wildman–Crippen LogP) is 3.55. The number of rotatable bonds is 4. The second-order valence-corrected chi connectivity index (χ2v) is 6.31. The van der Waals surface area contributed by atoms with Crippen molar-refractivity contribution in [3.63, 3.8) is 0 Å².